The van der Waals surface area contributed by atoms with Gasteiger partial charge in [-0.15, -0.1) is 11.3 Å². The molecule has 1 unspecified atom stereocenters. The van der Waals surface area contributed by atoms with Gasteiger partial charge in [0.2, 0.25) is 5.78 Å². The van der Waals surface area contributed by atoms with Crippen LogP contribution in [0.1, 0.15) is 36.3 Å². The van der Waals surface area contributed by atoms with Crippen molar-refractivity contribution in [2.75, 3.05) is 0 Å². The van der Waals surface area contributed by atoms with Crippen molar-refractivity contribution in [1.29, 1.82) is 0 Å². The molecule has 6 heteroatoms. The van der Waals surface area contributed by atoms with E-state index < -0.39 is 11.9 Å². The number of hydrogen-bond donors (Lipinski definition) is 1. The van der Waals surface area contributed by atoms with Gasteiger partial charge in [0.15, 0.2) is 0 Å². The van der Waals surface area contributed by atoms with Crippen LogP contribution in [0.3, 0.4) is 0 Å². The van der Waals surface area contributed by atoms with Crippen LogP contribution in [0.5, 0.6) is 0 Å². The molecule has 19 heavy (non-hydrogen) atoms. The molecule has 2 aromatic heterocycles. The van der Waals surface area contributed by atoms with Gasteiger partial charge in [0.25, 0.3) is 0 Å². The molecule has 0 radical (unpaired) electrons. The molecule has 0 bridgehead atoms. The van der Waals surface area contributed by atoms with Gasteiger partial charge in [-0.2, -0.15) is 0 Å². The van der Waals surface area contributed by atoms with E-state index in [4.69, 9.17) is 5.11 Å². The Morgan fingerprint density at radius 2 is 2.16 bits per heavy atom. The Labute approximate surface area is 133 Å². The quantitative estimate of drug-likeness (QED) is 0.695. The number of carbonyl (C=O) groups is 2. The third-order valence-corrected chi connectivity index (χ3v) is 4.16. The maximum absolute atomic E-state index is 12.2. The number of nitrogens with zero attached hydrogens (tertiary/aromatic N) is 1. The Morgan fingerprint density at radius 1 is 1.37 bits per heavy atom. The predicted octanol–water partition coefficient (Wildman–Crippen LogP) is 2.20. The minimum Gasteiger partial charge on any atom is -1.00 e. The standard InChI is InChI=1S/C13H11NO3S.Mg.2H/c15-12(11-2-1-7-18-11)10-4-3-9-8(13(16)17)5-6-14(9)10;;;/h1-4,7-8H,5-6H2,(H,16,17);;;/q;+2;2*-1. The molecule has 2 aromatic rings. The summed E-state index contributed by atoms with van der Waals surface area (Å²) in [4.78, 5) is 24.0. The number of ketones is 1. The first-order valence-electron chi connectivity index (χ1n) is 5.69. The van der Waals surface area contributed by atoms with Crippen LogP contribution in [0.25, 0.3) is 0 Å². The molecule has 3 rings (SSSR count). The summed E-state index contributed by atoms with van der Waals surface area (Å²) in [6.45, 7) is 0.603. The van der Waals surface area contributed by atoms with Crippen LogP contribution in [0, 0.1) is 0 Å². The van der Waals surface area contributed by atoms with E-state index in [0.717, 1.165) is 5.69 Å². The smallest absolute Gasteiger partial charge is 1.00 e. The van der Waals surface area contributed by atoms with Crippen molar-refractivity contribution < 1.29 is 17.5 Å². The van der Waals surface area contributed by atoms with E-state index in [1.807, 2.05) is 16.0 Å². The number of carboxylic acid groups (broad SMARTS) is 1. The summed E-state index contributed by atoms with van der Waals surface area (Å²) in [5, 5.41) is 11.0. The van der Waals surface area contributed by atoms with Crippen LogP contribution in [0.2, 0.25) is 0 Å². The summed E-state index contributed by atoms with van der Waals surface area (Å²) in [5.41, 5.74) is 1.33. The van der Waals surface area contributed by atoms with Crippen molar-refractivity contribution in [2.45, 2.75) is 18.9 Å². The van der Waals surface area contributed by atoms with Crippen molar-refractivity contribution >= 4 is 46.1 Å². The third-order valence-electron chi connectivity index (χ3n) is 3.29. The Bertz CT molecular complexity index is 627. The summed E-state index contributed by atoms with van der Waals surface area (Å²) in [7, 11) is 0. The molecular weight excluding hydrogens is 275 g/mol. The zero-order valence-electron chi connectivity index (χ0n) is 12.2. The van der Waals surface area contributed by atoms with Crippen LogP contribution in [0.15, 0.2) is 29.6 Å². The van der Waals surface area contributed by atoms with Crippen LogP contribution in [0.4, 0.5) is 0 Å². The van der Waals surface area contributed by atoms with Gasteiger partial charge in [-0.25, -0.2) is 0 Å². The van der Waals surface area contributed by atoms with E-state index in [-0.39, 0.29) is 31.7 Å². The molecule has 3 heterocycles. The van der Waals surface area contributed by atoms with E-state index in [9.17, 15) is 9.59 Å². The number of aliphatic carboxylic acids is 1. The van der Waals surface area contributed by atoms with E-state index in [1.165, 1.54) is 11.3 Å². The number of carbonyl (C=O) groups excluding carboxylic acids is 1. The number of hydrogen-bond acceptors (Lipinski definition) is 3. The Balaban J connectivity index is 0.00000133. The first-order chi connectivity index (χ1) is 8.68. The molecule has 1 atom stereocenters. The van der Waals surface area contributed by atoms with Gasteiger partial charge in [0.1, 0.15) is 0 Å². The Morgan fingerprint density at radius 3 is 2.79 bits per heavy atom. The first kappa shape index (κ1) is 14.3. The predicted molar refractivity (Wildman–Crippen MR) is 75.2 cm³/mol. The molecule has 1 aliphatic rings. The summed E-state index contributed by atoms with van der Waals surface area (Å²) >= 11 is 1.40. The molecule has 0 amide bonds. The molecule has 0 saturated carbocycles. The van der Waals surface area contributed by atoms with Gasteiger partial charge < -0.3 is 12.5 Å². The fourth-order valence-corrected chi connectivity index (χ4v) is 3.10. The number of carboxylic acids is 1. The molecule has 1 N–H and O–H groups in total. The fourth-order valence-electron chi connectivity index (χ4n) is 2.43. The summed E-state index contributed by atoms with van der Waals surface area (Å²) in [6.07, 6.45) is 0.566. The zero-order chi connectivity index (χ0) is 12.7. The van der Waals surface area contributed by atoms with Gasteiger partial charge in [0.05, 0.1) is 16.5 Å². The van der Waals surface area contributed by atoms with E-state index >= 15 is 0 Å². The second kappa shape index (κ2) is 5.48. The molecule has 1 aliphatic heterocycles. The summed E-state index contributed by atoms with van der Waals surface area (Å²) in [5.74, 6) is -1.32. The normalized spacial score (nSPS) is 16.7. The maximum atomic E-state index is 12.2. The van der Waals surface area contributed by atoms with E-state index in [2.05, 4.69) is 0 Å². The first-order valence-corrected chi connectivity index (χ1v) is 6.57. The molecule has 0 saturated heterocycles. The zero-order valence-corrected chi connectivity index (χ0v) is 12.4. The minimum absolute atomic E-state index is 0. The third kappa shape index (κ3) is 2.35. The van der Waals surface area contributed by atoms with E-state index in [0.29, 0.717) is 23.5 Å². The van der Waals surface area contributed by atoms with Crippen LogP contribution in [-0.2, 0) is 11.3 Å². The molecule has 0 aromatic carbocycles. The summed E-state index contributed by atoms with van der Waals surface area (Å²) in [6, 6.07) is 7.11. The van der Waals surface area contributed by atoms with Crippen molar-refractivity contribution in [3.05, 3.63) is 45.9 Å². The van der Waals surface area contributed by atoms with Gasteiger partial charge >= 0.3 is 29.0 Å². The topological polar surface area (TPSA) is 59.3 Å². The Hall–Kier alpha value is -1.11. The average Bonchev–Trinajstić information content (AvgIpc) is 3.04. The fraction of sp³-hybridized carbons (Fsp3) is 0.231. The minimum atomic E-state index is -0.818. The molecule has 96 valence electrons. The van der Waals surface area contributed by atoms with Crippen LogP contribution in [-0.4, -0.2) is 44.5 Å². The monoisotopic (exact) mass is 287 g/mol. The maximum Gasteiger partial charge on any atom is 2.00 e. The van der Waals surface area contributed by atoms with Gasteiger partial charge in [0, 0.05) is 12.2 Å². The number of aromatic nitrogens is 1. The van der Waals surface area contributed by atoms with Gasteiger partial charge in [-0.1, -0.05) is 6.07 Å². The van der Waals surface area contributed by atoms with Gasteiger partial charge in [-0.3, -0.25) is 9.59 Å². The van der Waals surface area contributed by atoms with Crippen LogP contribution < -0.4 is 0 Å². The second-order valence-electron chi connectivity index (χ2n) is 4.28. The molecule has 0 fully saturated rings. The number of fused-ring (bicyclic) bond motifs is 1. The molecule has 4 nitrogen and oxygen atoms in total. The average molecular weight is 288 g/mol. The SMILES string of the molecule is O=C(c1cccs1)c1ccc2n1CCC2C(=O)O.[H-].[H-].[Mg+2]. The largest absolute Gasteiger partial charge is 2.00 e. The second-order valence-corrected chi connectivity index (χ2v) is 5.23. The molecule has 0 aliphatic carbocycles. The van der Waals surface area contributed by atoms with Crippen molar-refractivity contribution in [3.63, 3.8) is 0 Å². The van der Waals surface area contributed by atoms with Crippen LogP contribution >= 0.6 is 11.3 Å². The van der Waals surface area contributed by atoms with E-state index in [1.54, 1.807) is 18.2 Å². The number of thiophene rings is 1. The number of rotatable bonds is 3. The van der Waals surface area contributed by atoms with Crippen molar-refractivity contribution in [3.8, 4) is 0 Å². The molecular formula is C13H13MgNO3S. The van der Waals surface area contributed by atoms with Gasteiger partial charge in [-0.05, 0) is 30.0 Å². The van der Waals surface area contributed by atoms with Crippen molar-refractivity contribution in [2.24, 2.45) is 0 Å². The Kier molecular flexibility index (Phi) is 4.12. The van der Waals surface area contributed by atoms with Crippen molar-refractivity contribution in [1.82, 2.24) is 4.57 Å². The summed E-state index contributed by atoms with van der Waals surface area (Å²) < 4.78 is 1.83. The molecule has 0 spiro atoms.